The maximum Gasteiger partial charge on any atom is 0.293 e. The number of benzene rings is 2. The van der Waals surface area contributed by atoms with Gasteiger partial charge in [-0.1, -0.05) is 18.2 Å². The lowest BCUT2D eigenvalue weighted by molar-refractivity contribution is 0.0997. The van der Waals surface area contributed by atoms with Crippen LogP contribution >= 0.6 is 0 Å². The van der Waals surface area contributed by atoms with E-state index in [2.05, 4.69) is 10.3 Å². The molecule has 0 bridgehead atoms. The lowest BCUT2D eigenvalue weighted by atomic mass is 10.2. The third-order valence-corrected chi connectivity index (χ3v) is 3.41. The Hall–Kier alpha value is -3.28. The van der Waals surface area contributed by atoms with E-state index in [-0.39, 0.29) is 5.76 Å². The molecule has 1 heterocycles. The van der Waals surface area contributed by atoms with Gasteiger partial charge in [-0.15, -0.1) is 0 Å². The maximum atomic E-state index is 12.3. The van der Waals surface area contributed by atoms with Crippen LogP contribution in [0.2, 0.25) is 0 Å². The van der Waals surface area contributed by atoms with E-state index in [1.165, 1.54) is 13.3 Å². The highest BCUT2D eigenvalue weighted by Gasteiger charge is 2.16. The van der Waals surface area contributed by atoms with E-state index in [1.54, 1.807) is 25.3 Å². The molecule has 0 atom stereocenters. The van der Waals surface area contributed by atoms with Crippen molar-refractivity contribution in [2.24, 2.45) is 0 Å². The molecule has 6 nitrogen and oxygen atoms in total. The summed E-state index contributed by atoms with van der Waals surface area (Å²) in [5, 5.41) is 2.74. The normalized spacial score (nSPS) is 10.2. The van der Waals surface area contributed by atoms with Gasteiger partial charge in [-0.25, -0.2) is 4.98 Å². The van der Waals surface area contributed by atoms with Gasteiger partial charge in [0, 0.05) is 11.6 Å². The Labute approximate surface area is 139 Å². The third-order valence-electron chi connectivity index (χ3n) is 3.41. The number of anilines is 1. The summed E-state index contributed by atoms with van der Waals surface area (Å²) in [6.07, 6.45) is 1.40. The fourth-order valence-electron chi connectivity index (χ4n) is 2.18. The van der Waals surface area contributed by atoms with Crippen molar-refractivity contribution in [2.45, 2.75) is 0 Å². The average Bonchev–Trinajstić information content (AvgIpc) is 3.13. The minimum atomic E-state index is -0.409. The smallest absolute Gasteiger partial charge is 0.293 e. The molecule has 0 aliphatic carbocycles. The lowest BCUT2D eigenvalue weighted by Crippen LogP contribution is -2.11. The van der Waals surface area contributed by atoms with E-state index in [4.69, 9.17) is 13.9 Å². The highest BCUT2D eigenvalue weighted by molar-refractivity contribution is 6.03. The van der Waals surface area contributed by atoms with Crippen molar-refractivity contribution >= 4 is 11.6 Å². The maximum absolute atomic E-state index is 12.3. The molecule has 0 radical (unpaired) electrons. The van der Waals surface area contributed by atoms with Gasteiger partial charge in [-0.05, 0) is 24.3 Å². The van der Waals surface area contributed by atoms with E-state index < -0.39 is 5.91 Å². The number of carbonyl (C=O) groups excluding carboxylic acids is 1. The molecule has 1 N–H and O–H groups in total. The van der Waals surface area contributed by atoms with Gasteiger partial charge < -0.3 is 19.2 Å². The Kier molecular flexibility index (Phi) is 4.47. The van der Waals surface area contributed by atoms with E-state index in [9.17, 15) is 4.79 Å². The van der Waals surface area contributed by atoms with Crippen LogP contribution < -0.4 is 14.8 Å². The van der Waals surface area contributed by atoms with Crippen LogP contribution in [0.5, 0.6) is 11.5 Å². The van der Waals surface area contributed by atoms with Crippen molar-refractivity contribution < 1.29 is 18.7 Å². The second kappa shape index (κ2) is 6.87. The third kappa shape index (κ3) is 3.22. The van der Waals surface area contributed by atoms with Gasteiger partial charge in [0.15, 0.2) is 0 Å². The molecule has 1 aromatic heterocycles. The first-order valence-electron chi connectivity index (χ1n) is 7.26. The number of hydrogen-bond donors (Lipinski definition) is 1. The number of hydrogen-bond acceptors (Lipinski definition) is 5. The van der Waals surface area contributed by atoms with Crippen molar-refractivity contribution in [3.8, 4) is 23.0 Å². The summed E-state index contributed by atoms with van der Waals surface area (Å²) in [6.45, 7) is 0. The summed E-state index contributed by atoms with van der Waals surface area (Å²) in [5.41, 5.74) is 1.32. The van der Waals surface area contributed by atoms with Crippen molar-refractivity contribution in [3.63, 3.8) is 0 Å². The predicted octanol–water partition coefficient (Wildman–Crippen LogP) is 3.61. The number of carbonyl (C=O) groups is 1. The highest BCUT2D eigenvalue weighted by Crippen LogP contribution is 2.29. The Morgan fingerprint density at radius 3 is 2.58 bits per heavy atom. The number of amides is 1. The summed E-state index contributed by atoms with van der Waals surface area (Å²) in [4.78, 5) is 16.5. The minimum Gasteiger partial charge on any atom is -0.497 e. The molecule has 2 aromatic carbocycles. The zero-order valence-electron chi connectivity index (χ0n) is 13.3. The molecule has 0 fully saturated rings. The molecule has 0 aliphatic rings. The first-order chi connectivity index (χ1) is 11.7. The standard InChI is InChI=1S/C18H16N2O4/c1-22-13-8-9-14(15(10-13)23-2)20-17(21)16-11-19-18(24-16)12-6-4-3-5-7-12/h3-11H,1-2H3,(H,20,21). The van der Waals surface area contributed by atoms with Crippen LogP contribution in [0.15, 0.2) is 59.1 Å². The van der Waals surface area contributed by atoms with Gasteiger partial charge in [-0.3, -0.25) is 4.79 Å². The minimum absolute atomic E-state index is 0.117. The molecule has 0 saturated heterocycles. The van der Waals surface area contributed by atoms with Crippen molar-refractivity contribution in [1.29, 1.82) is 0 Å². The number of aromatic nitrogens is 1. The molecule has 24 heavy (non-hydrogen) atoms. The molecule has 0 unspecified atom stereocenters. The van der Waals surface area contributed by atoms with Gasteiger partial charge in [0.1, 0.15) is 11.5 Å². The summed E-state index contributed by atoms with van der Waals surface area (Å²) in [5.74, 6) is 1.23. The van der Waals surface area contributed by atoms with Crippen LogP contribution in [0.1, 0.15) is 10.6 Å². The number of methoxy groups -OCH3 is 2. The van der Waals surface area contributed by atoms with Crippen LogP contribution in [0.4, 0.5) is 5.69 Å². The van der Waals surface area contributed by atoms with Gasteiger partial charge >= 0.3 is 0 Å². The van der Waals surface area contributed by atoms with Crippen molar-refractivity contribution in [1.82, 2.24) is 4.98 Å². The van der Waals surface area contributed by atoms with Crippen molar-refractivity contribution in [3.05, 3.63) is 60.5 Å². The molecule has 3 rings (SSSR count). The number of rotatable bonds is 5. The molecule has 1 amide bonds. The molecule has 122 valence electrons. The van der Waals surface area contributed by atoms with Gasteiger partial charge in [0.2, 0.25) is 11.7 Å². The van der Waals surface area contributed by atoms with E-state index in [0.29, 0.717) is 23.1 Å². The molecule has 3 aromatic rings. The average molecular weight is 324 g/mol. The van der Waals surface area contributed by atoms with Crippen LogP contribution in [0.25, 0.3) is 11.5 Å². The summed E-state index contributed by atoms with van der Waals surface area (Å²) in [7, 11) is 3.08. The van der Waals surface area contributed by atoms with Crippen LogP contribution in [0.3, 0.4) is 0 Å². The zero-order valence-corrected chi connectivity index (χ0v) is 13.3. The number of nitrogens with one attached hydrogen (secondary N) is 1. The van der Waals surface area contributed by atoms with Gasteiger partial charge in [0.25, 0.3) is 5.91 Å². The van der Waals surface area contributed by atoms with E-state index >= 15 is 0 Å². The fraction of sp³-hybridized carbons (Fsp3) is 0.111. The second-order valence-electron chi connectivity index (χ2n) is 4.92. The number of ether oxygens (including phenoxy) is 2. The Morgan fingerprint density at radius 1 is 1.08 bits per heavy atom. The predicted molar refractivity (Wildman–Crippen MR) is 89.4 cm³/mol. The van der Waals surface area contributed by atoms with Gasteiger partial charge in [-0.2, -0.15) is 0 Å². The first kappa shape index (κ1) is 15.6. The van der Waals surface area contributed by atoms with Crippen molar-refractivity contribution in [2.75, 3.05) is 19.5 Å². The quantitative estimate of drug-likeness (QED) is 0.776. The SMILES string of the molecule is COc1ccc(NC(=O)c2cnc(-c3ccccc3)o2)c(OC)c1. The zero-order chi connectivity index (χ0) is 16.9. The largest absolute Gasteiger partial charge is 0.497 e. The fourth-order valence-corrected chi connectivity index (χ4v) is 2.18. The molecule has 6 heteroatoms. The molecule has 0 aliphatic heterocycles. The second-order valence-corrected chi connectivity index (χ2v) is 4.92. The molecule has 0 spiro atoms. The Morgan fingerprint density at radius 2 is 1.88 bits per heavy atom. The number of oxazole rings is 1. The Balaban J connectivity index is 1.80. The van der Waals surface area contributed by atoms with E-state index in [0.717, 1.165) is 5.56 Å². The van der Waals surface area contributed by atoms with Crippen LogP contribution in [-0.2, 0) is 0 Å². The van der Waals surface area contributed by atoms with E-state index in [1.807, 2.05) is 30.3 Å². The molecule has 0 saturated carbocycles. The number of nitrogens with zero attached hydrogens (tertiary/aromatic N) is 1. The topological polar surface area (TPSA) is 73.6 Å². The molecular formula is C18H16N2O4. The summed E-state index contributed by atoms with van der Waals surface area (Å²) < 4.78 is 15.9. The summed E-state index contributed by atoms with van der Waals surface area (Å²) >= 11 is 0. The van der Waals surface area contributed by atoms with Crippen LogP contribution in [-0.4, -0.2) is 25.1 Å². The lowest BCUT2D eigenvalue weighted by Gasteiger charge is -2.10. The summed E-state index contributed by atoms with van der Waals surface area (Å²) in [6, 6.07) is 14.5. The highest BCUT2D eigenvalue weighted by atomic mass is 16.5. The first-order valence-corrected chi connectivity index (χ1v) is 7.26. The Bertz CT molecular complexity index is 843. The van der Waals surface area contributed by atoms with Crippen LogP contribution in [0, 0.1) is 0 Å². The van der Waals surface area contributed by atoms with Gasteiger partial charge in [0.05, 0.1) is 26.1 Å². The molecular weight excluding hydrogens is 308 g/mol. The monoisotopic (exact) mass is 324 g/mol.